The Morgan fingerprint density at radius 3 is 2.81 bits per heavy atom. The molecule has 0 aliphatic heterocycles. The van der Waals surface area contributed by atoms with Crippen LogP contribution >= 0.6 is 0 Å². The number of aromatic nitrogens is 3. The maximum atomic E-state index is 11.8. The van der Waals surface area contributed by atoms with Crippen molar-refractivity contribution in [3.8, 4) is 0 Å². The lowest BCUT2D eigenvalue weighted by Gasteiger charge is -2.16. The van der Waals surface area contributed by atoms with E-state index in [0.717, 1.165) is 0 Å². The first-order valence-electron chi connectivity index (χ1n) is 6.02. The van der Waals surface area contributed by atoms with Gasteiger partial charge in [-0.05, 0) is 6.92 Å². The Kier molecular flexibility index (Phi) is 4.12. The van der Waals surface area contributed by atoms with Crippen LogP contribution in [0.1, 0.15) is 16.2 Å². The van der Waals surface area contributed by atoms with Gasteiger partial charge >= 0.3 is 0 Å². The fraction of sp³-hybridized carbons (Fsp3) is 0.250. The summed E-state index contributed by atoms with van der Waals surface area (Å²) in [6, 6.07) is 1.60. The summed E-state index contributed by atoms with van der Waals surface area (Å²) < 4.78 is 4.85. The Hall–Kier alpha value is -2.97. The van der Waals surface area contributed by atoms with Gasteiger partial charge in [0.25, 0.3) is 5.91 Å². The summed E-state index contributed by atoms with van der Waals surface area (Å²) in [4.78, 5) is 32.3. The highest BCUT2D eigenvalue weighted by atomic mass is 16.5. The molecule has 2 rings (SSSR count). The molecule has 0 atom stereocenters. The van der Waals surface area contributed by atoms with Crippen molar-refractivity contribution in [2.24, 2.45) is 5.73 Å². The van der Waals surface area contributed by atoms with E-state index in [9.17, 15) is 9.59 Å². The van der Waals surface area contributed by atoms with Gasteiger partial charge in [-0.15, -0.1) is 0 Å². The molecule has 3 N–H and O–H groups in total. The predicted molar refractivity (Wildman–Crippen MR) is 73.7 cm³/mol. The van der Waals surface area contributed by atoms with Crippen LogP contribution in [0.5, 0.6) is 0 Å². The summed E-state index contributed by atoms with van der Waals surface area (Å²) in [6.45, 7) is 1.72. The molecule has 0 radical (unpaired) electrons. The number of primary amides is 1. The summed E-state index contributed by atoms with van der Waals surface area (Å²) in [6.07, 6.45) is 2.69. The van der Waals surface area contributed by atoms with Gasteiger partial charge in [0, 0.05) is 13.1 Å². The van der Waals surface area contributed by atoms with E-state index >= 15 is 0 Å². The molecular weight excluding hydrogens is 276 g/mol. The van der Waals surface area contributed by atoms with E-state index in [4.69, 9.17) is 10.3 Å². The average molecular weight is 290 g/mol. The third kappa shape index (κ3) is 3.75. The molecule has 0 spiro atoms. The molecule has 21 heavy (non-hydrogen) atoms. The topological polar surface area (TPSA) is 127 Å². The third-order valence-electron chi connectivity index (χ3n) is 2.54. The van der Waals surface area contributed by atoms with Crippen molar-refractivity contribution in [3.05, 3.63) is 29.9 Å². The number of hydrogen-bond acceptors (Lipinski definition) is 7. The summed E-state index contributed by atoms with van der Waals surface area (Å²) in [5.41, 5.74) is 5.16. The monoisotopic (exact) mass is 290 g/mol. The number of nitrogens with one attached hydrogen (secondary N) is 1. The molecule has 9 heteroatoms. The predicted octanol–water partition coefficient (Wildman–Crippen LogP) is -0.0532. The number of anilines is 2. The lowest BCUT2D eigenvalue weighted by Crippen LogP contribution is -2.31. The smallest absolute Gasteiger partial charge is 0.268 e. The Bertz CT molecular complexity index is 669. The van der Waals surface area contributed by atoms with Crippen molar-refractivity contribution >= 4 is 23.5 Å². The van der Waals surface area contributed by atoms with Crippen LogP contribution in [-0.4, -0.2) is 40.5 Å². The first-order valence-corrected chi connectivity index (χ1v) is 6.02. The van der Waals surface area contributed by atoms with Crippen LogP contribution in [0.3, 0.4) is 0 Å². The zero-order valence-corrected chi connectivity index (χ0v) is 11.5. The minimum absolute atomic E-state index is 0.00278. The third-order valence-corrected chi connectivity index (χ3v) is 2.54. The van der Waals surface area contributed by atoms with Crippen LogP contribution in [0, 0.1) is 6.92 Å². The Labute approximate surface area is 120 Å². The molecule has 2 aromatic heterocycles. The summed E-state index contributed by atoms with van der Waals surface area (Å²) in [7, 11) is 1.64. The number of hydrogen-bond donors (Lipinski definition) is 2. The normalized spacial score (nSPS) is 10.2. The fourth-order valence-electron chi connectivity index (χ4n) is 1.56. The standard InChI is InChI=1S/C12H14N6O3/c1-7-3-9(17-21-7)16-11(19)6-18(2)10-5-14-4-8(15-10)12(13)20/h3-5H,6H2,1-2H3,(H2,13,20)(H,16,17,19). The molecule has 0 unspecified atom stereocenters. The van der Waals surface area contributed by atoms with Gasteiger partial charge in [0.05, 0.1) is 18.9 Å². The van der Waals surface area contributed by atoms with E-state index in [1.807, 2.05) is 0 Å². The van der Waals surface area contributed by atoms with Gasteiger partial charge in [-0.3, -0.25) is 14.6 Å². The highest BCUT2D eigenvalue weighted by molar-refractivity contribution is 5.93. The lowest BCUT2D eigenvalue weighted by atomic mass is 10.4. The Morgan fingerprint density at radius 2 is 2.19 bits per heavy atom. The number of aryl methyl sites for hydroxylation is 1. The maximum Gasteiger partial charge on any atom is 0.268 e. The molecule has 0 aliphatic rings. The summed E-state index contributed by atoms with van der Waals surface area (Å²) in [5.74, 6) is 0.302. The number of carbonyl (C=O) groups excluding carboxylic acids is 2. The maximum absolute atomic E-state index is 11.8. The quantitative estimate of drug-likeness (QED) is 0.789. The molecule has 0 aliphatic carbocycles. The first kappa shape index (κ1) is 14.4. The number of carbonyl (C=O) groups is 2. The van der Waals surface area contributed by atoms with Gasteiger partial charge in [-0.1, -0.05) is 5.16 Å². The van der Waals surface area contributed by atoms with Crippen molar-refractivity contribution in [1.29, 1.82) is 0 Å². The number of nitrogens with zero attached hydrogens (tertiary/aromatic N) is 4. The van der Waals surface area contributed by atoms with Gasteiger partial charge in [0.15, 0.2) is 5.82 Å². The minimum Gasteiger partial charge on any atom is -0.364 e. The van der Waals surface area contributed by atoms with Crippen LogP contribution in [0.25, 0.3) is 0 Å². The van der Waals surface area contributed by atoms with Gasteiger partial charge < -0.3 is 20.5 Å². The molecule has 0 fully saturated rings. The van der Waals surface area contributed by atoms with Gasteiger partial charge in [-0.25, -0.2) is 4.98 Å². The number of likely N-dealkylation sites (N-methyl/N-ethyl adjacent to an activating group) is 1. The first-order chi connectivity index (χ1) is 9.95. The van der Waals surface area contributed by atoms with Gasteiger partial charge in [0.1, 0.15) is 17.3 Å². The van der Waals surface area contributed by atoms with E-state index in [0.29, 0.717) is 17.4 Å². The zero-order valence-electron chi connectivity index (χ0n) is 11.5. The van der Waals surface area contributed by atoms with E-state index in [1.165, 1.54) is 17.3 Å². The van der Waals surface area contributed by atoms with Crippen LogP contribution in [0.2, 0.25) is 0 Å². The molecule has 2 aromatic rings. The van der Waals surface area contributed by atoms with Crippen LogP contribution in [0.4, 0.5) is 11.6 Å². The zero-order chi connectivity index (χ0) is 15.4. The number of rotatable bonds is 5. The molecule has 2 heterocycles. The summed E-state index contributed by atoms with van der Waals surface area (Å²) in [5, 5.41) is 6.23. The molecule has 0 bridgehead atoms. The Balaban J connectivity index is 2.00. The van der Waals surface area contributed by atoms with Crippen molar-refractivity contribution in [2.75, 3.05) is 23.8 Å². The number of nitrogens with two attached hydrogens (primary N) is 1. The Morgan fingerprint density at radius 1 is 1.43 bits per heavy atom. The van der Waals surface area contributed by atoms with E-state index in [1.54, 1.807) is 20.0 Å². The van der Waals surface area contributed by atoms with Crippen LogP contribution in [0.15, 0.2) is 23.0 Å². The second-order valence-corrected chi connectivity index (χ2v) is 4.35. The largest absolute Gasteiger partial charge is 0.364 e. The van der Waals surface area contributed by atoms with Crippen molar-refractivity contribution < 1.29 is 14.1 Å². The molecule has 0 saturated carbocycles. The highest BCUT2D eigenvalue weighted by Gasteiger charge is 2.12. The second kappa shape index (κ2) is 5.99. The van der Waals surface area contributed by atoms with Gasteiger partial charge in [0.2, 0.25) is 5.91 Å². The highest BCUT2D eigenvalue weighted by Crippen LogP contribution is 2.09. The van der Waals surface area contributed by atoms with Gasteiger partial charge in [-0.2, -0.15) is 0 Å². The van der Waals surface area contributed by atoms with E-state index in [2.05, 4.69) is 20.4 Å². The van der Waals surface area contributed by atoms with Crippen LogP contribution in [-0.2, 0) is 4.79 Å². The molecule has 2 amide bonds. The van der Waals surface area contributed by atoms with Crippen LogP contribution < -0.4 is 16.0 Å². The molecule has 9 nitrogen and oxygen atoms in total. The second-order valence-electron chi connectivity index (χ2n) is 4.35. The van der Waals surface area contributed by atoms with Crippen molar-refractivity contribution in [2.45, 2.75) is 6.92 Å². The number of amides is 2. The minimum atomic E-state index is -0.680. The van der Waals surface area contributed by atoms with Crippen molar-refractivity contribution in [1.82, 2.24) is 15.1 Å². The molecule has 110 valence electrons. The fourth-order valence-corrected chi connectivity index (χ4v) is 1.56. The van der Waals surface area contributed by atoms with E-state index in [-0.39, 0.29) is 18.1 Å². The van der Waals surface area contributed by atoms with Crippen molar-refractivity contribution in [3.63, 3.8) is 0 Å². The summed E-state index contributed by atoms with van der Waals surface area (Å²) >= 11 is 0. The lowest BCUT2D eigenvalue weighted by molar-refractivity contribution is -0.115. The van der Waals surface area contributed by atoms with E-state index < -0.39 is 5.91 Å². The SMILES string of the molecule is Cc1cc(NC(=O)CN(C)c2cncc(C(N)=O)n2)no1. The molecular formula is C12H14N6O3. The molecule has 0 aromatic carbocycles. The average Bonchev–Trinajstić information content (AvgIpc) is 2.83. The molecule has 0 saturated heterocycles.